The lowest BCUT2D eigenvalue weighted by molar-refractivity contribution is -0.121. The smallest absolute Gasteiger partial charge is 0.265 e. The Morgan fingerprint density at radius 3 is 2.51 bits per heavy atom. The molecule has 1 amide bonds. The summed E-state index contributed by atoms with van der Waals surface area (Å²) in [5, 5.41) is 4.87. The Labute approximate surface area is 214 Å². The summed E-state index contributed by atoms with van der Waals surface area (Å²) in [7, 11) is 1.70. The molecule has 7 heteroatoms. The molecule has 0 atom stereocenters. The number of carbonyl (C=O) groups is 1. The number of hydrogen-bond acceptors (Lipinski definition) is 5. The van der Waals surface area contributed by atoms with Gasteiger partial charge in [-0.05, 0) is 42.8 Å². The second-order valence-electron chi connectivity index (χ2n) is 8.26. The summed E-state index contributed by atoms with van der Waals surface area (Å²) in [5.41, 5.74) is 5.76. The monoisotopic (exact) mass is 497 g/mol. The molecule has 4 aromatic rings. The highest BCUT2D eigenvalue weighted by Crippen LogP contribution is 2.34. The number of rotatable bonds is 6. The number of aryl methyl sites for hydroxylation is 1. The summed E-state index contributed by atoms with van der Waals surface area (Å²) in [4.78, 5) is 14.7. The van der Waals surface area contributed by atoms with Crippen molar-refractivity contribution in [3.8, 4) is 22.7 Å². The van der Waals surface area contributed by atoms with Gasteiger partial charge in [-0.1, -0.05) is 84.1 Å². The standard InChI is InChI=1S/C28H23N3O2S2/c1-19-11-13-20(14-12-19)18-33-24-10-6-7-21(15-24)26-22(16-25-27(32)30(2)28(34)35-25)17-31(29-26)23-8-4-3-5-9-23/h3-17H,18H2,1-2H3/b25-16-. The average Bonchev–Trinajstić information content (AvgIpc) is 3.41. The third-order valence-corrected chi connectivity index (χ3v) is 7.15. The van der Waals surface area contributed by atoms with Crippen molar-refractivity contribution >= 4 is 40.3 Å². The van der Waals surface area contributed by atoms with Gasteiger partial charge in [0.15, 0.2) is 0 Å². The summed E-state index contributed by atoms with van der Waals surface area (Å²) >= 11 is 6.61. The number of likely N-dealkylation sites (N-methyl/N-ethyl adjacent to an activating group) is 1. The number of hydrogen-bond donors (Lipinski definition) is 0. The number of aromatic nitrogens is 2. The largest absolute Gasteiger partial charge is 0.489 e. The number of ether oxygens (including phenoxy) is 1. The van der Waals surface area contributed by atoms with E-state index in [-0.39, 0.29) is 5.91 Å². The number of para-hydroxylation sites is 1. The molecule has 5 rings (SSSR count). The van der Waals surface area contributed by atoms with Crippen LogP contribution in [0.3, 0.4) is 0 Å². The first-order chi connectivity index (χ1) is 17.0. The zero-order valence-electron chi connectivity index (χ0n) is 19.3. The number of benzene rings is 3. The van der Waals surface area contributed by atoms with Gasteiger partial charge in [-0.25, -0.2) is 4.68 Å². The van der Waals surface area contributed by atoms with Gasteiger partial charge in [-0.15, -0.1) is 0 Å². The van der Waals surface area contributed by atoms with Crippen LogP contribution < -0.4 is 4.74 Å². The third kappa shape index (κ3) is 5.06. The van der Waals surface area contributed by atoms with Crippen LogP contribution in [0, 0.1) is 6.92 Å². The second kappa shape index (κ2) is 9.90. The molecule has 0 radical (unpaired) electrons. The van der Waals surface area contributed by atoms with E-state index in [1.54, 1.807) is 7.05 Å². The fourth-order valence-electron chi connectivity index (χ4n) is 3.70. The summed E-state index contributed by atoms with van der Waals surface area (Å²) < 4.78 is 8.45. The number of nitrogens with zero attached hydrogens (tertiary/aromatic N) is 3. The van der Waals surface area contributed by atoms with E-state index in [9.17, 15) is 4.79 Å². The predicted octanol–water partition coefficient (Wildman–Crippen LogP) is 6.26. The van der Waals surface area contributed by atoms with Crippen LogP contribution in [0.2, 0.25) is 0 Å². The van der Waals surface area contributed by atoms with E-state index in [0.717, 1.165) is 33.8 Å². The van der Waals surface area contributed by atoms with Crippen LogP contribution in [0.1, 0.15) is 16.7 Å². The lowest BCUT2D eigenvalue weighted by atomic mass is 10.1. The van der Waals surface area contributed by atoms with Crippen molar-refractivity contribution in [3.63, 3.8) is 0 Å². The maximum absolute atomic E-state index is 12.6. The lowest BCUT2D eigenvalue weighted by Crippen LogP contribution is -2.22. The summed E-state index contributed by atoms with van der Waals surface area (Å²) in [6, 6.07) is 26.1. The Hall–Kier alpha value is -3.68. The first kappa shape index (κ1) is 23.1. The molecule has 174 valence electrons. The average molecular weight is 498 g/mol. The van der Waals surface area contributed by atoms with E-state index >= 15 is 0 Å². The second-order valence-corrected chi connectivity index (χ2v) is 9.93. The van der Waals surface area contributed by atoms with Crippen molar-refractivity contribution in [3.05, 3.63) is 107 Å². The van der Waals surface area contributed by atoms with Gasteiger partial charge in [0.1, 0.15) is 22.4 Å². The van der Waals surface area contributed by atoms with E-state index in [1.165, 1.54) is 22.2 Å². The van der Waals surface area contributed by atoms with Gasteiger partial charge in [0.05, 0.1) is 10.6 Å². The van der Waals surface area contributed by atoms with E-state index in [2.05, 4.69) is 31.2 Å². The Morgan fingerprint density at radius 2 is 1.80 bits per heavy atom. The van der Waals surface area contributed by atoms with E-state index in [0.29, 0.717) is 15.8 Å². The number of thiocarbonyl (C=S) groups is 1. The van der Waals surface area contributed by atoms with Crippen LogP contribution in [0.4, 0.5) is 0 Å². The van der Waals surface area contributed by atoms with Crippen molar-refractivity contribution in [2.24, 2.45) is 0 Å². The third-order valence-electron chi connectivity index (χ3n) is 5.67. The molecule has 0 aliphatic carbocycles. The van der Waals surface area contributed by atoms with E-state index in [1.807, 2.05) is 71.6 Å². The van der Waals surface area contributed by atoms with Crippen LogP contribution in [0.15, 0.2) is 90.0 Å². The normalized spacial score (nSPS) is 14.7. The van der Waals surface area contributed by atoms with Crippen molar-refractivity contribution < 1.29 is 9.53 Å². The molecule has 1 aromatic heterocycles. The quantitative estimate of drug-likeness (QED) is 0.233. The molecule has 0 saturated carbocycles. The zero-order valence-corrected chi connectivity index (χ0v) is 21.0. The summed E-state index contributed by atoms with van der Waals surface area (Å²) in [5.74, 6) is 0.650. The van der Waals surface area contributed by atoms with Gasteiger partial charge in [0.25, 0.3) is 5.91 Å². The SMILES string of the molecule is Cc1ccc(COc2cccc(-c3nn(-c4ccccc4)cc3/C=C3\SC(=S)N(C)C3=O)c2)cc1. The maximum atomic E-state index is 12.6. The number of amides is 1. The highest BCUT2D eigenvalue weighted by atomic mass is 32.2. The van der Waals surface area contributed by atoms with Crippen LogP contribution in [0.25, 0.3) is 23.0 Å². The molecule has 0 spiro atoms. The van der Waals surface area contributed by atoms with Crippen LogP contribution in [-0.4, -0.2) is 32.0 Å². The topological polar surface area (TPSA) is 47.4 Å². The van der Waals surface area contributed by atoms with Gasteiger partial charge in [0, 0.05) is 24.4 Å². The summed E-state index contributed by atoms with van der Waals surface area (Å²) in [6.45, 7) is 2.55. The van der Waals surface area contributed by atoms with Gasteiger partial charge < -0.3 is 4.74 Å². The van der Waals surface area contributed by atoms with Crippen LogP contribution in [-0.2, 0) is 11.4 Å². The molecule has 3 aromatic carbocycles. The van der Waals surface area contributed by atoms with Crippen LogP contribution in [0.5, 0.6) is 5.75 Å². The van der Waals surface area contributed by atoms with Gasteiger partial charge in [-0.3, -0.25) is 9.69 Å². The minimum absolute atomic E-state index is 0.103. The Morgan fingerprint density at radius 1 is 1.03 bits per heavy atom. The Balaban J connectivity index is 1.50. The van der Waals surface area contributed by atoms with Gasteiger partial charge in [-0.2, -0.15) is 5.10 Å². The Kier molecular flexibility index (Phi) is 6.53. The van der Waals surface area contributed by atoms with Crippen molar-refractivity contribution in [2.75, 3.05) is 7.05 Å². The first-order valence-corrected chi connectivity index (χ1v) is 12.4. The molecule has 0 bridgehead atoms. The number of thioether (sulfide) groups is 1. The van der Waals surface area contributed by atoms with Crippen molar-refractivity contribution in [2.45, 2.75) is 13.5 Å². The van der Waals surface area contributed by atoms with Gasteiger partial charge >= 0.3 is 0 Å². The molecule has 2 heterocycles. The predicted molar refractivity (Wildman–Crippen MR) is 145 cm³/mol. The maximum Gasteiger partial charge on any atom is 0.265 e. The van der Waals surface area contributed by atoms with Crippen molar-refractivity contribution in [1.29, 1.82) is 0 Å². The van der Waals surface area contributed by atoms with E-state index in [4.69, 9.17) is 22.1 Å². The van der Waals surface area contributed by atoms with Crippen molar-refractivity contribution in [1.82, 2.24) is 14.7 Å². The highest BCUT2D eigenvalue weighted by Gasteiger charge is 2.29. The van der Waals surface area contributed by atoms with E-state index < -0.39 is 0 Å². The molecule has 0 unspecified atom stereocenters. The molecule has 1 saturated heterocycles. The molecular formula is C28H23N3O2S2. The first-order valence-electron chi connectivity index (χ1n) is 11.1. The molecular weight excluding hydrogens is 474 g/mol. The molecule has 0 N–H and O–H groups in total. The highest BCUT2D eigenvalue weighted by molar-refractivity contribution is 8.26. The molecule has 1 aliphatic heterocycles. The minimum atomic E-state index is -0.103. The lowest BCUT2D eigenvalue weighted by Gasteiger charge is -2.08. The number of carbonyl (C=O) groups excluding carboxylic acids is 1. The van der Waals surface area contributed by atoms with Gasteiger partial charge in [0.2, 0.25) is 0 Å². The minimum Gasteiger partial charge on any atom is -0.489 e. The Bertz CT molecular complexity index is 1430. The van der Waals surface area contributed by atoms with Crippen LogP contribution >= 0.6 is 24.0 Å². The molecule has 5 nitrogen and oxygen atoms in total. The fraction of sp³-hybridized carbons (Fsp3) is 0.107. The molecule has 35 heavy (non-hydrogen) atoms. The molecule has 1 fully saturated rings. The molecule has 1 aliphatic rings. The fourth-order valence-corrected chi connectivity index (χ4v) is 4.87. The summed E-state index contributed by atoms with van der Waals surface area (Å²) in [6.07, 6.45) is 3.80. The zero-order chi connectivity index (χ0) is 24.4.